The Morgan fingerprint density at radius 3 is 2.41 bits per heavy atom. The molecule has 92 valence electrons. The van der Waals surface area contributed by atoms with Crippen LogP contribution in [0.15, 0.2) is 24.3 Å². The Bertz CT molecular complexity index is 416. The number of hydrogen-bond donors (Lipinski definition) is 2. The molecule has 1 unspecified atom stereocenters. The van der Waals surface area contributed by atoms with Gasteiger partial charge >= 0.3 is 0 Å². The van der Waals surface area contributed by atoms with Crippen LogP contribution in [0.5, 0.6) is 0 Å². The minimum atomic E-state index is -0.432. The second-order valence-corrected chi connectivity index (χ2v) is 4.01. The van der Waals surface area contributed by atoms with Crippen molar-refractivity contribution in [3.05, 3.63) is 35.4 Å². The van der Waals surface area contributed by atoms with Crippen LogP contribution in [0.25, 0.3) is 0 Å². The number of amides is 2. The highest BCUT2D eigenvalue weighted by atomic mass is 16.1. The molecule has 0 bridgehead atoms. The van der Waals surface area contributed by atoms with Crippen LogP contribution in [0.3, 0.4) is 0 Å². The molecule has 17 heavy (non-hydrogen) atoms. The first-order valence-corrected chi connectivity index (χ1v) is 5.71. The van der Waals surface area contributed by atoms with Gasteiger partial charge < -0.3 is 11.5 Å². The van der Waals surface area contributed by atoms with Crippen molar-refractivity contribution in [3.8, 4) is 0 Å². The van der Waals surface area contributed by atoms with Crippen LogP contribution in [-0.2, 0) is 16.0 Å². The molecule has 0 saturated carbocycles. The molecular formula is C13H18N2O2. The zero-order chi connectivity index (χ0) is 12.8. The van der Waals surface area contributed by atoms with E-state index < -0.39 is 17.7 Å². The molecule has 0 aromatic heterocycles. The molecule has 1 aromatic carbocycles. The quantitative estimate of drug-likeness (QED) is 0.771. The van der Waals surface area contributed by atoms with Crippen molar-refractivity contribution in [1.29, 1.82) is 0 Å². The zero-order valence-corrected chi connectivity index (χ0v) is 9.98. The Kier molecular flexibility index (Phi) is 4.69. The number of carbonyl (C=O) groups is 2. The monoisotopic (exact) mass is 234 g/mol. The molecule has 0 heterocycles. The molecule has 2 amide bonds. The van der Waals surface area contributed by atoms with E-state index >= 15 is 0 Å². The summed E-state index contributed by atoms with van der Waals surface area (Å²) in [5.41, 5.74) is 12.5. The van der Waals surface area contributed by atoms with Gasteiger partial charge in [-0.2, -0.15) is 0 Å². The van der Waals surface area contributed by atoms with Crippen LogP contribution in [0, 0.1) is 0 Å². The summed E-state index contributed by atoms with van der Waals surface area (Å²) in [5, 5.41) is 0. The lowest BCUT2D eigenvalue weighted by molar-refractivity contribution is -0.120. The van der Waals surface area contributed by atoms with E-state index in [0.29, 0.717) is 6.42 Å². The highest BCUT2D eigenvalue weighted by Crippen LogP contribution is 2.24. The predicted molar refractivity (Wildman–Crippen MR) is 66.2 cm³/mol. The van der Waals surface area contributed by atoms with Crippen molar-refractivity contribution in [1.82, 2.24) is 0 Å². The van der Waals surface area contributed by atoms with Gasteiger partial charge in [0.15, 0.2) is 0 Å². The standard InChI is InChI=1S/C13H18N2O2/c1-2-9-5-3-4-6-10(9)11(13(15)17)7-8-12(14)16/h3-6,11H,2,7-8H2,1H3,(H2,14,16)(H2,15,17). The molecule has 0 aliphatic rings. The highest BCUT2D eigenvalue weighted by Gasteiger charge is 2.20. The van der Waals surface area contributed by atoms with E-state index in [2.05, 4.69) is 0 Å². The Balaban J connectivity index is 2.96. The van der Waals surface area contributed by atoms with E-state index in [1.165, 1.54) is 0 Å². The lowest BCUT2D eigenvalue weighted by Crippen LogP contribution is -2.24. The number of rotatable bonds is 6. The number of benzene rings is 1. The van der Waals surface area contributed by atoms with Crippen molar-refractivity contribution in [3.63, 3.8) is 0 Å². The minimum absolute atomic E-state index is 0.172. The Morgan fingerprint density at radius 2 is 1.88 bits per heavy atom. The van der Waals surface area contributed by atoms with Gasteiger partial charge in [0, 0.05) is 6.42 Å². The molecular weight excluding hydrogens is 216 g/mol. The van der Waals surface area contributed by atoms with E-state index in [-0.39, 0.29) is 6.42 Å². The van der Waals surface area contributed by atoms with Gasteiger partial charge in [-0.05, 0) is 24.0 Å². The van der Waals surface area contributed by atoms with Crippen LogP contribution >= 0.6 is 0 Å². The molecule has 0 fully saturated rings. The van der Waals surface area contributed by atoms with Crippen molar-refractivity contribution >= 4 is 11.8 Å². The maximum Gasteiger partial charge on any atom is 0.224 e. The summed E-state index contributed by atoms with van der Waals surface area (Å²) in [6.07, 6.45) is 1.38. The van der Waals surface area contributed by atoms with Gasteiger partial charge in [-0.1, -0.05) is 31.2 Å². The van der Waals surface area contributed by atoms with E-state index in [1.807, 2.05) is 31.2 Å². The van der Waals surface area contributed by atoms with Gasteiger partial charge in [-0.15, -0.1) is 0 Å². The molecule has 0 aliphatic carbocycles. The first kappa shape index (κ1) is 13.2. The van der Waals surface area contributed by atoms with Crippen molar-refractivity contribution in [2.45, 2.75) is 32.1 Å². The third kappa shape index (κ3) is 3.59. The molecule has 4 nitrogen and oxygen atoms in total. The molecule has 1 aromatic rings. The number of carbonyl (C=O) groups excluding carboxylic acids is 2. The van der Waals surface area contributed by atoms with Crippen LogP contribution in [0.1, 0.15) is 36.8 Å². The largest absolute Gasteiger partial charge is 0.370 e. The molecule has 4 N–H and O–H groups in total. The minimum Gasteiger partial charge on any atom is -0.370 e. The molecule has 0 spiro atoms. The zero-order valence-electron chi connectivity index (χ0n) is 9.98. The summed E-state index contributed by atoms with van der Waals surface area (Å²) in [5.74, 6) is -1.25. The summed E-state index contributed by atoms with van der Waals surface area (Å²) in [6, 6.07) is 7.65. The summed E-state index contributed by atoms with van der Waals surface area (Å²) in [6.45, 7) is 2.02. The van der Waals surface area contributed by atoms with Gasteiger partial charge in [0.25, 0.3) is 0 Å². The molecule has 0 radical (unpaired) electrons. The summed E-state index contributed by atoms with van der Waals surface area (Å²) in [7, 11) is 0. The van der Waals surface area contributed by atoms with Crippen molar-refractivity contribution in [2.75, 3.05) is 0 Å². The van der Waals surface area contributed by atoms with Crippen molar-refractivity contribution < 1.29 is 9.59 Å². The average Bonchev–Trinajstić information content (AvgIpc) is 2.29. The predicted octanol–water partition coefficient (Wildman–Crippen LogP) is 1.08. The molecule has 0 saturated heterocycles. The fourth-order valence-electron chi connectivity index (χ4n) is 1.93. The second kappa shape index (κ2) is 6.03. The normalized spacial score (nSPS) is 12.1. The third-order valence-corrected chi connectivity index (χ3v) is 2.83. The number of hydrogen-bond acceptors (Lipinski definition) is 2. The van der Waals surface area contributed by atoms with E-state index in [4.69, 9.17) is 11.5 Å². The van der Waals surface area contributed by atoms with Crippen LogP contribution < -0.4 is 11.5 Å². The number of aryl methyl sites for hydroxylation is 1. The lowest BCUT2D eigenvalue weighted by atomic mass is 9.89. The molecule has 1 atom stereocenters. The summed E-state index contributed by atoms with van der Waals surface area (Å²) < 4.78 is 0. The van der Waals surface area contributed by atoms with Gasteiger partial charge in [0.1, 0.15) is 0 Å². The number of primary amides is 2. The van der Waals surface area contributed by atoms with E-state index in [9.17, 15) is 9.59 Å². The van der Waals surface area contributed by atoms with Crippen LogP contribution in [0.4, 0.5) is 0 Å². The smallest absolute Gasteiger partial charge is 0.224 e. The topological polar surface area (TPSA) is 86.2 Å². The van der Waals surface area contributed by atoms with Gasteiger partial charge in [0.2, 0.25) is 11.8 Å². The van der Waals surface area contributed by atoms with E-state index in [1.54, 1.807) is 0 Å². The van der Waals surface area contributed by atoms with E-state index in [0.717, 1.165) is 17.5 Å². The Morgan fingerprint density at radius 1 is 1.24 bits per heavy atom. The molecule has 1 rings (SSSR count). The highest BCUT2D eigenvalue weighted by molar-refractivity contribution is 5.83. The van der Waals surface area contributed by atoms with Crippen LogP contribution in [0.2, 0.25) is 0 Å². The van der Waals surface area contributed by atoms with Gasteiger partial charge in [-0.25, -0.2) is 0 Å². The summed E-state index contributed by atoms with van der Waals surface area (Å²) >= 11 is 0. The second-order valence-electron chi connectivity index (χ2n) is 4.01. The summed E-state index contributed by atoms with van der Waals surface area (Å²) in [4.78, 5) is 22.2. The number of nitrogens with two attached hydrogens (primary N) is 2. The van der Waals surface area contributed by atoms with Crippen LogP contribution in [-0.4, -0.2) is 11.8 Å². The fourth-order valence-corrected chi connectivity index (χ4v) is 1.93. The first-order chi connectivity index (χ1) is 8.06. The molecule has 4 heteroatoms. The first-order valence-electron chi connectivity index (χ1n) is 5.71. The third-order valence-electron chi connectivity index (χ3n) is 2.83. The lowest BCUT2D eigenvalue weighted by Gasteiger charge is -2.16. The SMILES string of the molecule is CCc1ccccc1C(CCC(N)=O)C(N)=O. The molecule has 0 aliphatic heterocycles. The van der Waals surface area contributed by atoms with Gasteiger partial charge in [0.05, 0.1) is 5.92 Å². The Labute approximate surface area is 101 Å². The Hall–Kier alpha value is -1.84. The maximum absolute atomic E-state index is 11.5. The van der Waals surface area contributed by atoms with Crippen molar-refractivity contribution in [2.24, 2.45) is 11.5 Å². The average molecular weight is 234 g/mol. The maximum atomic E-state index is 11.5. The fraction of sp³-hybridized carbons (Fsp3) is 0.385. The van der Waals surface area contributed by atoms with Gasteiger partial charge in [-0.3, -0.25) is 9.59 Å².